The van der Waals surface area contributed by atoms with Crippen LogP contribution in [0.15, 0.2) is 66.9 Å². The molecule has 3 amide bonds. The Morgan fingerprint density at radius 2 is 1.97 bits per heavy atom. The summed E-state index contributed by atoms with van der Waals surface area (Å²) in [5.74, 6) is 0.105. The summed E-state index contributed by atoms with van der Waals surface area (Å²) in [6.45, 7) is 1.14. The first kappa shape index (κ1) is 18.4. The number of hydrogen-bond acceptors (Lipinski definition) is 4. The van der Waals surface area contributed by atoms with Gasteiger partial charge in [0.05, 0.1) is 11.9 Å². The molecule has 4 rings (SSSR count). The minimum atomic E-state index is -0.349. The number of urea groups is 1. The number of halogens is 1. The highest BCUT2D eigenvalue weighted by Crippen LogP contribution is 2.22. The summed E-state index contributed by atoms with van der Waals surface area (Å²) in [7, 11) is 0. The molecular weight excluding hydrogens is 375 g/mol. The van der Waals surface area contributed by atoms with E-state index >= 15 is 0 Å². The number of carbonyl (C=O) groups is 2. The molecule has 1 aliphatic rings. The second kappa shape index (κ2) is 7.97. The van der Waals surface area contributed by atoms with E-state index in [1.807, 2.05) is 0 Å². The Balaban J connectivity index is 1.42. The lowest BCUT2D eigenvalue weighted by atomic mass is 10.1. The summed E-state index contributed by atoms with van der Waals surface area (Å²) < 4.78 is 18.5. The lowest BCUT2D eigenvalue weighted by Crippen LogP contribution is -2.27. The predicted octanol–water partition coefficient (Wildman–Crippen LogP) is 3.79. The fourth-order valence-corrected chi connectivity index (χ4v) is 2.87. The number of rotatable bonds is 5. The molecule has 8 heteroatoms. The molecule has 0 saturated carbocycles. The Hall–Kier alpha value is -3.94. The van der Waals surface area contributed by atoms with Gasteiger partial charge in [-0.15, -0.1) is 0 Å². The van der Waals surface area contributed by atoms with Crippen molar-refractivity contribution in [3.05, 3.63) is 78.2 Å². The van der Waals surface area contributed by atoms with Crippen molar-refractivity contribution >= 4 is 23.3 Å². The minimum absolute atomic E-state index is 0.177. The summed E-state index contributed by atoms with van der Waals surface area (Å²) in [5, 5.41) is 5.49. The summed E-state index contributed by atoms with van der Waals surface area (Å²) in [4.78, 5) is 30.1. The van der Waals surface area contributed by atoms with Crippen molar-refractivity contribution in [3.8, 4) is 11.6 Å². The third kappa shape index (κ3) is 4.32. The van der Waals surface area contributed by atoms with Crippen molar-refractivity contribution in [2.24, 2.45) is 0 Å². The fourth-order valence-electron chi connectivity index (χ4n) is 2.87. The third-order valence-corrected chi connectivity index (χ3v) is 4.31. The SMILES string of the molecule is O=C(Nc1ccc(Oc2ccc(F)cc2)nc1)c1cccc(N2CCNC2=O)c1. The molecule has 0 radical (unpaired) electrons. The molecule has 2 aromatic carbocycles. The molecule has 0 spiro atoms. The number of ether oxygens (including phenoxy) is 1. The van der Waals surface area contributed by atoms with Gasteiger partial charge in [0.2, 0.25) is 5.88 Å². The van der Waals surface area contributed by atoms with Gasteiger partial charge in [0, 0.05) is 30.4 Å². The highest BCUT2D eigenvalue weighted by atomic mass is 19.1. The molecule has 0 atom stereocenters. The van der Waals surface area contributed by atoms with Crippen molar-refractivity contribution in [2.75, 3.05) is 23.3 Å². The molecule has 146 valence electrons. The normalized spacial score (nSPS) is 13.1. The highest BCUT2D eigenvalue weighted by Gasteiger charge is 2.21. The first-order valence-electron chi connectivity index (χ1n) is 8.95. The first-order chi connectivity index (χ1) is 14.1. The summed E-state index contributed by atoms with van der Waals surface area (Å²) in [5.41, 5.74) is 1.58. The first-order valence-corrected chi connectivity index (χ1v) is 8.95. The molecule has 2 N–H and O–H groups in total. The Labute approximate surface area is 166 Å². The van der Waals surface area contributed by atoms with Crippen molar-refractivity contribution in [1.82, 2.24) is 10.3 Å². The molecule has 0 bridgehead atoms. The molecule has 2 heterocycles. The van der Waals surface area contributed by atoms with E-state index in [-0.39, 0.29) is 17.8 Å². The molecule has 3 aromatic rings. The second-order valence-corrected chi connectivity index (χ2v) is 6.33. The van der Waals surface area contributed by atoms with Crippen LogP contribution in [-0.4, -0.2) is 30.0 Å². The number of carbonyl (C=O) groups excluding carboxylic acids is 2. The number of nitrogens with zero attached hydrogens (tertiary/aromatic N) is 2. The topological polar surface area (TPSA) is 83.6 Å². The molecule has 0 unspecified atom stereocenters. The standard InChI is InChI=1S/C21H17FN4O3/c22-15-4-7-18(8-5-15)29-19-9-6-16(13-24-19)25-20(27)14-2-1-3-17(12-14)26-11-10-23-21(26)28/h1-9,12-13H,10-11H2,(H,23,28)(H,25,27). The molecular formula is C21H17FN4O3. The quantitative estimate of drug-likeness (QED) is 0.692. The zero-order chi connectivity index (χ0) is 20.2. The van der Waals surface area contributed by atoms with Crippen molar-refractivity contribution in [1.29, 1.82) is 0 Å². The zero-order valence-electron chi connectivity index (χ0n) is 15.3. The Kier molecular flexibility index (Phi) is 5.07. The number of hydrogen-bond donors (Lipinski definition) is 2. The third-order valence-electron chi connectivity index (χ3n) is 4.31. The lowest BCUT2D eigenvalue weighted by molar-refractivity contribution is 0.102. The lowest BCUT2D eigenvalue weighted by Gasteiger charge is -2.15. The number of pyridine rings is 1. The number of anilines is 2. The van der Waals surface area contributed by atoms with E-state index in [9.17, 15) is 14.0 Å². The summed E-state index contributed by atoms with van der Waals surface area (Å²) in [6, 6.07) is 15.5. The number of aromatic nitrogens is 1. The highest BCUT2D eigenvalue weighted by molar-refractivity contribution is 6.05. The Morgan fingerprint density at radius 3 is 2.66 bits per heavy atom. The van der Waals surface area contributed by atoms with Gasteiger partial charge in [-0.1, -0.05) is 6.07 Å². The van der Waals surface area contributed by atoms with E-state index in [2.05, 4.69) is 15.6 Å². The monoisotopic (exact) mass is 392 g/mol. The average Bonchev–Trinajstić information content (AvgIpc) is 3.17. The van der Waals surface area contributed by atoms with Gasteiger partial charge in [-0.25, -0.2) is 14.2 Å². The number of nitrogens with one attached hydrogen (secondary N) is 2. The van der Waals surface area contributed by atoms with E-state index in [0.29, 0.717) is 41.7 Å². The van der Waals surface area contributed by atoms with Gasteiger partial charge in [-0.2, -0.15) is 0 Å². The van der Waals surface area contributed by atoms with Crippen molar-refractivity contribution in [2.45, 2.75) is 0 Å². The minimum Gasteiger partial charge on any atom is -0.439 e. The summed E-state index contributed by atoms with van der Waals surface area (Å²) >= 11 is 0. The van der Waals surface area contributed by atoms with Crippen LogP contribution in [0.4, 0.5) is 20.6 Å². The van der Waals surface area contributed by atoms with Crippen LogP contribution in [0.2, 0.25) is 0 Å². The fraction of sp³-hybridized carbons (Fsp3) is 0.0952. The zero-order valence-corrected chi connectivity index (χ0v) is 15.3. The van der Waals surface area contributed by atoms with Crippen LogP contribution in [0.1, 0.15) is 10.4 Å². The van der Waals surface area contributed by atoms with Crippen molar-refractivity contribution < 1.29 is 18.7 Å². The molecule has 0 aliphatic carbocycles. The van der Waals surface area contributed by atoms with Crippen LogP contribution in [0, 0.1) is 5.82 Å². The van der Waals surface area contributed by atoms with Gasteiger partial charge in [-0.3, -0.25) is 9.69 Å². The smallest absolute Gasteiger partial charge is 0.321 e. The van der Waals surface area contributed by atoms with Gasteiger partial charge in [0.15, 0.2) is 0 Å². The maximum absolute atomic E-state index is 12.9. The number of amides is 3. The van der Waals surface area contributed by atoms with Gasteiger partial charge < -0.3 is 15.4 Å². The molecule has 7 nitrogen and oxygen atoms in total. The van der Waals surface area contributed by atoms with Gasteiger partial charge >= 0.3 is 6.03 Å². The molecule has 1 saturated heterocycles. The van der Waals surface area contributed by atoms with Crippen LogP contribution in [0.25, 0.3) is 0 Å². The van der Waals surface area contributed by atoms with Crippen LogP contribution in [0.5, 0.6) is 11.6 Å². The Bertz CT molecular complexity index is 1040. The largest absolute Gasteiger partial charge is 0.439 e. The predicted molar refractivity (Wildman–Crippen MR) is 106 cm³/mol. The van der Waals surface area contributed by atoms with Gasteiger partial charge in [0.1, 0.15) is 11.6 Å². The molecule has 1 aliphatic heterocycles. The number of benzene rings is 2. The van der Waals surface area contributed by atoms with Gasteiger partial charge in [-0.05, 0) is 48.5 Å². The second-order valence-electron chi connectivity index (χ2n) is 6.33. The maximum Gasteiger partial charge on any atom is 0.321 e. The van der Waals surface area contributed by atoms with E-state index in [0.717, 1.165) is 0 Å². The Morgan fingerprint density at radius 1 is 1.14 bits per heavy atom. The maximum atomic E-state index is 12.9. The molecule has 1 fully saturated rings. The van der Waals surface area contributed by atoms with Crippen LogP contribution < -0.4 is 20.3 Å². The van der Waals surface area contributed by atoms with Gasteiger partial charge in [0.25, 0.3) is 5.91 Å². The molecule has 1 aromatic heterocycles. The van der Waals surface area contributed by atoms with E-state index < -0.39 is 0 Å². The van der Waals surface area contributed by atoms with E-state index in [4.69, 9.17) is 4.74 Å². The van der Waals surface area contributed by atoms with Crippen LogP contribution >= 0.6 is 0 Å². The van der Waals surface area contributed by atoms with Crippen molar-refractivity contribution in [3.63, 3.8) is 0 Å². The molecule has 29 heavy (non-hydrogen) atoms. The van der Waals surface area contributed by atoms with E-state index in [1.54, 1.807) is 41.3 Å². The van der Waals surface area contributed by atoms with E-state index in [1.165, 1.54) is 30.5 Å². The van der Waals surface area contributed by atoms with Crippen LogP contribution in [-0.2, 0) is 0 Å². The average molecular weight is 392 g/mol. The summed E-state index contributed by atoms with van der Waals surface area (Å²) in [6.07, 6.45) is 1.47. The van der Waals surface area contributed by atoms with Crippen LogP contribution in [0.3, 0.4) is 0 Å².